The van der Waals surface area contributed by atoms with Gasteiger partial charge in [0, 0.05) is 13.1 Å². The topological polar surface area (TPSA) is 88.4 Å². The Bertz CT molecular complexity index is 797. The SMILES string of the molecule is CCCNC(=O)NC[C@@H](c1ccco1)S(=O)(=O)c1ccc(C(C)C)cc1. The Hall–Kier alpha value is -2.28. The monoisotopic (exact) mass is 378 g/mol. The molecule has 1 heterocycles. The third-order valence-corrected chi connectivity index (χ3v) is 6.17. The number of benzene rings is 1. The summed E-state index contributed by atoms with van der Waals surface area (Å²) in [4.78, 5) is 12.0. The van der Waals surface area contributed by atoms with Crippen LogP contribution < -0.4 is 10.6 Å². The Kier molecular flexibility index (Phi) is 6.85. The van der Waals surface area contributed by atoms with E-state index in [4.69, 9.17) is 4.42 Å². The van der Waals surface area contributed by atoms with E-state index in [0.29, 0.717) is 18.2 Å². The van der Waals surface area contributed by atoms with Gasteiger partial charge in [-0.05, 0) is 42.2 Å². The molecule has 0 unspecified atom stereocenters. The zero-order valence-electron chi connectivity index (χ0n) is 15.4. The standard InChI is InChI=1S/C19H26N2O4S/c1-4-11-20-19(22)21-13-18(17-6-5-12-25-17)26(23,24)16-9-7-15(8-10-16)14(2)3/h5-10,12,14,18H,4,11,13H2,1-3H3,(H2,20,21,22)/t18-/m0/s1. The van der Waals surface area contributed by atoms with Crippen molar-refractivity contribution in [1.82, 2.24) is 10.6 Å². The van der Waals surface area contributed by atoms with Gasteiger partial charge < -0.3 is 15.1 Å². The molecule has 1 aromatic heterocycles. The molecule has 26 heavy (non-hydrogen) atoms. The van der Waals surface area contributed by atoms with Crippen LogP contribution in [0.4, 0.5) is 4.79 Å². The lowest BCUT2D eigenvalue weighted by Crippen LogP contribution is -2.39. The summed E-state index contributed by atoms with van der Waals surface area (Å²) in [5.74, 6) is 0.616. The molecule has 0 aliphatic heterocycles. The Morgan fingerprint density at radius 2 is 1.81 bits per heavy atom. The number of carbonyl (C=O) groups excluding carboxylic acids is 1. The minimum absolute atomic E-state index is 0.0721. The molecule has 2 N–H and O–H groups in total. The number of rotatable bonds is 8. The highest BCUT2D eigenvalue weighted by Crippen LogP contribution is 2.29. The van der Waals surface area contributed by atoms with Crippen LogP contribution >= 0.6 is 0 Å². The number of sulfone groups is 1. The van der Waals surface area contributed by atoms with Crippen LogP contribution in [0.5, 0.6) is 0 Å². The Labute approximate surface area is 154 Å². The zero-order valence-corrected chi connectivity index (χ0v) is 16.2. The Morgan fingerprint density at radius 3 is 2.35 bits per heavy atom. The minimum Gasteiger partial charge on any atom is -0.468 e. The summed E-state index contributed by atoms with van der Waals surface area (Å²) < 4.78 is 31.5. The summed E-state index contributed by atoms with van der Waals surface area (Å²) in [7, 11) is -3.72. The molecular weight excluding hydrogens is 352 g/mol. The van der Waals surface area contributed by atoms with Crippen molar-refractivity contribution in [2.24, 2.45) is 0 Å². The first-order valence-corrected chi connectivity index (χ1v) is 10.3. The Balaban J connectivity index is 2.24. The number of hydrogen-bond acceptors (Lipinski definition) is 4. The van der Waals surface area contributed by atoms with Crippen molar-refractivity contribution in [2.75, 3.05) is 13.1 Å². The van der Waals surface area contributed by atoms with E-state index in [-0.39, 0.29) is 11.4 Å². The molecule has 2 aromatic rings. The molecule has 2 amide bonds. The maximum Gasteiger partial charge on any atom is 0.314 e. The van der Waals surface area contributed by atoms with E-state index >= 15 is 0 Å². The fourth-order valence-corrected chi connectivity index (χ4v) is 4.12. The summed E-state index contributed by atoms with van der Waals surface area (Å²) in [5, 5.41) is 4.30. The molecule has 0 radical (unpaired) electrons. The summed E-state index contributed by atoms with van der Waals surface area (Å²) >= 11 is 0. The number of carbonyl (C=O) groups is 1. The molecule has 0 aliphatic rings. The van der Waals surface area contributed by atoms with Crippen LogP contribution in [-0.4, -0.2) is 27.5 Å². The van der Waals surface area contributed by atoms with E-state index in [9.17, 15) is 13.2 Å². The second kappa shape index (κ2) is 8.89. The van der Waals surface area contributed by atoms with E-state index in [0.717, 1.165) is 12.0 Å². The van der Waals surface area contributed by atoms with Crippen molar-refractivity contribution in [3.8, 4) is 0 Å². The second-order valence-corrected chi connectivity index (χ2v) is 8.54. The second-order valence-electron chi connectivity index (χ2n) is 6.41. The predicted molar refractivity (Wildman–Crippen MR) is 101 cm³/mol. The van der Waals surface area contributed by atoms with Gasteiger partial charge in [0.15, 0.2) is 9.84 Å². The third kappa shape index (κ3) is 4.88. The van der Waals surface area contributed by atoms with Crippen LogP contribution in [0.1, 0.15) is 49.7 Å². The number of nitrogens with one attached hydrogen (secondary N) is 2. The van der Waals surface area contributed by atoms with Crippen molar-refractivity contribution < 1.29 is 17.6 Å². The lowest BCUT2D eigenvalue weighted by molar-refractivity contribution is 0.240. The van der Waals surface area contributed by atoms with Gasteiger partial charge in [-0.2, -0.15) is 0 Å². The molecule has 142 valence electrons. The van der Waals surface area contributed by atoms with Crippen molar-refractivity contribution in [2.45, 2.75) is 43.3 Å². The zero-order chi connectivity index (χ0) is 19.2. The van der Waals surface area contributed by atoms with Crippen LogP contribution in [0.3, 0.4) is 0 Å². The van der Waals surface area contributed by atoms with Crippen LogP contribution in [0.15, 0.2) is 52.0 Å². The maximum atomic E-state index is 13.1. The van der Waals surface area contributed by atoms with Crippen LogP contribution in [0.25, 0.3) is 0 Å². The molecule has 2 rings (SSSR count). The van der Waals surface area contributed by atoms with Crippen LogP contribution in [0, 0.1) is 0 Å². The van der Waals surface area contributed by atoms with Gasteiger partial charge >= 0.3 is 6.03 Å². The normalized spacial score (nSPS) is 12.8. The van der Waals surface area contributed by atoms with Gasteiger partial charge in [0.25, 0.3) is 0 Å². The van der Waals surface area contributed by atoms with Gasteiger partial charge in [-0.15, -0.1) is 0 Å². The molecular formula is C19H26N2O4S. The highest BCUT2D eigenvalue weighted by molar-refractivity contribution is 7.91. The molecule has 0 aliphatic carbocycles. The van der Waals surface area contributed by atoms with Gasteiger partial charge in [-0.1, -0.05) is 32.9 Å². The first-order chi connectivity index (χ1) is 12.4. The molecule has 1 atom stereocenters. The molecule has 1 aromatic carbocycles. The molecule has 0 saturated heterocycles. The van der Waals surface area contributed by atoms with Crippen molar-refractivity contribution in [3.05, 3.63) is 54.0 Å². The summed E-state index contributed by atoms with van der Waals surface area (Å²) in [6.07, 6.45) is 2.23. The van der Waals surface area contributed by atoms with E-state index < -0.39 is 21.1 Å². The third-order valence-electron chi connectivity index (χ3n) is 4.09. The number of amides is 2. The van der Waals surface area contributed by atoms with Gasteiger partial charge in [-0.3, -0.25) is 0 Å². The lowest BCUT2D eigenvalue weighted by Gasteiger charge is -2.17. The van der Waals surface area contributed by atoms with Crippen LogP contribution in [-0.2, 0) is 9.84 Å². The fourth-order valence-electron chi connectivity index (χ4n) is 2.53. The number of furan rings is 1. The number of hydrogen-bond donors (Lipinski definition) is 2. The average Bonchev–Trinajstić information content (AvgIpc) is 3.14. The van der Waals surface area contributed by atoms with E-state index in [1.807, 2.05) is 32.9 Å². The largest absolute Gasteiger partial charge is 0.468 e. The average molecular weight is 378 g/mol. The molecule has 6 nitrogen and oxygen atoms in total. The van der Waals surface area contributed by atoms with Crippen molar-refractivity contribution >= 4 is 15.9 Å². The minimum atomic E-state index is -3.72. The van der Waals surface area contributed by atoms with Gasteiger partial charge in [-0.25, -0.2) is 13.2 Å². The molecule has 0 spiro atoms. The summed E-state index contributed by atoms with van der Waals surface area (Å²) in [6.45, 7) is 6.50. The van der Waals surface area contributed by atoms with E-state index in [2.05, 4.69) is 10.6 Å². The molecule has 0 fully saturated rings. The molecule has 0 saturated carbocycles. The Morgan fingerprint density at radius 1 is 1.12 bits per heavy atom. The molecule has 0 bridgehead atoms. The first kappa shape index (κ1) is 20.0. The van der Waals surface area contributed by atoms with Crippen molar-refractivity contribution in [1.29, 1.82) is 0 Å². The van der Waals surface area contributed by atoms with Gasteiger partial charge in [0.2, 0.25) is 0 Å². The van der Waals surface area contributed by atoms with Crippen LogP contribution in [0.2, 0.25) is 0 Å². The quantitative estimate of drug-likeness (QED) is 0.734. The smallest absolute Gasteiger partial charge is 0.314 e. The van der Waals surface area contributed by atoms with Gasteiger partial charge in [0.05, 0.1) is 11.2 Å². The van der Waals surface area contributed by atoms with Gasteiger partial charge in [0.1, 0.15) is 11.0 Å². The first-order valence-electron chi connectivity index (χ1n) is 8.75. The summed E-state index contributed by atoms with van der Waals surface area (Å²) in [5.41, 5.74) is 1.07. The lowest BCUT2D eigenvalue weighted by atomic mass is 10.0. The number of urea groups is 1. The van der Waals surface area contributed by atoms with Crippen molar-refractivity contribution in [3.63, 3.8) is 0 Å². The predicted octanol–water partition coefficient (Wildman–Crippen LogP) is 3.63. The van der Waals surface area contributed by atoms with E-state index in [1.54, 1.807) is 24.3 Å². The maximum absolute atomic E-state index is 13.1. The van der Waals surface area contributed by atoms with E-state index in [1.165, 1.54) is 6.26 Å². The highest BCUT2D eigenvalue weighted by Gasteiger charge is 2.31. The summed E-state index contributed by atoms with van der Waals surface area (Å²) in [6, 6.07) is 9.70. The fraction of sp³-hybridized carbons (Fsp3) is 0.421. The molecule has 7 heteroatoms. The highest BCUT2D eigenvalue weighted by atomic mass is 32.2.